The molecule has 0 radical (unpaired) electrons. The largest absolute Gasteiger partial charge is 0.463 e. The molecule has 0 fully saturated rings. The lowest BCUT2D eigenvalue weighted by Gasteiger charge is -2.28. The molecule has 114 valence electrons. The maximum absolute atomic E-state index is 5.74. The normalized spacial score (nSPS) is 12.2. The van der Waals surface area contributed by atoms with Gasteiger partial charge in [-0.3, -0.25) is 0 Å². The van der Waals surface area contributed by atoms with E-state index in [9.17, 15) is 0 Å². The third-order valence-electron chi connectivity index (χ3n) is 2.97. The molecule has 0 amide bonds. The molecule has 0 aliphatic rings. The highest BCUT2D eigenvalue weighted by Gasteiger charge is 2.17. The summed E-state index contributed by atoms with van der Waals surface area (Å²) in [4.78, 5) is 14.6. The summed E-state index contributed by atoms with van der Waals surface area (Å²) in [6.45, 7) is 8.11. The summed E-state index contributed by atoms with van der Waals surface area (Å²) < 4.78 is 10.6. The van der Waals surface area contributed by atoms with E-state index in [4.69, 9.17) is 15.2 Å². The van der Waals surface area contributed by atoms with Crippen molar-refractivity contribution in [3.8, 4) is 6.01 Å². The second-order valence-electron chi connectivity index (χ2n) is 4.57. The number of ether oxygens (including phenoxy) is 2. The molecule has 1 aromatic rings. The van der Waals surface area contributed by atoms with Crippen LogP contribution in [0.4, 0.5) is 11.9 Å². The van der Waals surface area contributed by atoms with Crippen molar-refractivity contribution in [1.82, 2.24) is 15.0 Å². The number of hydrogen-bond donors (Lipinski definition) is 1. The molecule has 1 rings (SSSR count). The van der Waals surface area contributed by atoms with Gasteiger partial charge in [0.15, 0.2) is 0 Å². The molecule has 0 spiro atoms. The molecular weight excluding hydrogens is 258 g/mol. The van der Waals surface area contributed by atoms with Gasteiger partial charge in [-0.05, 0) is 19.8 Å². The van der Waals surface area contributed by atoms with Crippen molar-refractivity contribution in [3.63, 3.8) is 0 Å². The summed E-state index contributed by atoms with van der Waals surface area (Å²) in [6.07, 6.45) is 1.86. The molecule has 2 N–H and O–H groups in total. The van der Waals surface area contributed by atoms with Gasteiger partial charge in [-0.15, -0.1) is 0 Å². The molecule has 7 heteroatoms. The van der Waals surface area contributed by atoms with Crippen LogP contribution < -0.4 is 15.4 Å². The van der Waals surface area contributed by atoms with Gasteiger partial charge in [0.25, 0.3) is 0 Å². The van der Waals surface area contributed by atoms with Gasteiger partial charge in [0.05, 0.1) is 13.2 Å². The molecule has 1 aromatic heterocycles. The first-order valence-corrected chi connectivity index (χ1v) is 7.02. The van der Waals surface area contributed by atoms with Crippen LogP contribution >= 0.6 is 0 Å². The van der Waals surface area contributed by atoms with Crippen LogP contribution in [0.1, 0.15) is 33.6 Å². The molecule has 1 atom stereocenters. The summed E-state index contributed by atoms with van der Waals surface area (Å²) in [7, 11) is 1.67. The quantitative estimate of drug-likeness (QED) is 0.734. The Morgan fingerprint density at radius 2 is 1.95 bits per heavy atom. The topological polar surface area (TPSA) is 86.4 Å². The van der Waals surface area contributed by atoms with Crippen molar-refractivity contribution in [2.45, 2.75) is 39.7 Å². The molecule has 0 bridgehead atoms. The second-order valence-corrected chi connectivity index (χ2v) is 4.57. The van der Waals surface area contributed by atoms with Crippen LogP contribution in [0.3, 0.4) is 0 Å². The summed E-state index contributed by atoms with van der Waals surface area (Å²) >= 11 is 0. The van der Waals surface area contributed by atoms with Crippen LogP contribution in [0.15, 0.2) is 0 Å². The van der Waals surface area contributed by atoms with Crippen molar-refractivity contribution in [2.75, 3.05) is 37.5 Å². The van der Waals surface area contributed by atoms with Crippen LogP contribution in [0.2, 0.25) is 0 Å². The Morgan fingerprint density at radius 3 is 2.55 bits per heavy atom. The third kappa shape index (κ3) is 4.80. The van der Waals surface area contributed by atoms with E-state index in [1.807, 2.05) is 6.92 Å². The Balaban J connectivity index is 2.95. The van der Waals surface area contributed by atoms with Crippen molar-refractivity contribution >= 4 is 11.9 Å². The first-order chi connectivity index (χ1) is 9.62. The van der Waals surface area contributed by atoms with Gasteiger partial charge in [0.1, 0.15) is 0 Å². The lowest BCUT2D eigenvalue weighted by molar-refractivity contribution is 0.202. The van der Waals surface area contributed by atoms with Crippen LogP contribution in [0.5, 0.6) is 6.01 Å². The average molecular weight is 283 g/mol. The monoisotopic (exact) mass is 283 g/mol. The lowest BCUT2D eigenvalue weighted by atomic mass is 10.2. The minimum absolute atomic E-state index is 0.173. The summed E-state index contributed by atoms with van der Waals surface area (Å²) in [5, 5.41) is 0. The minimum Gasteiger partial charge on any atom is -0.463 e. The van der Waals surface area contributed by atoms with Gasteiger partial charge < -0.3 is 20.1 Å². The van der Waals surface area contributed by atoms with Gasteiger partial charge in [0.2, 0.25) is 11.9 Å². The first-order valence-electron chi connectivity index (χ1n) is 7.02. The maximum atomic E-state index is 5.74. The van der Waals surface area contributed by atoms with E-state index in [2.05, 4.69) is 33.7 Å². The molecule has 0 aromatic carbocycles. The number of anilines is 2. The zero-order valence-corrected chi connectivity index (χ0v) is 12.8. The van der Waals surface area contributed by atoms with Crippen LogP contribution in [0, 0.1) is 0 Å². The Kier molecular flexibility index (Phi) is 7.00. The zero-order chi connectivity index (χ0) is 15.0. The minimum atomic E-state index is 0.173. The molecule has 0 aliphatic heterocycles. The van der Waals surface area contributed by atoms with Crippen LogP contribution in [-0.4, -0.2) is 47.9 Å². The maximum Gasteiger partial charge on any atom is 0.323 e. The fraction of sp³-hybridized carbons (Fsp3) is 0.769. The second kappa shape index (κ2) is 8.52. The standard InChI is InChI=1S/C13H25N5O2/c1-5-8-20-13-16-11(14)15-12(17-13)18(7-9-19-4)10(3)6-2/h10H,5-9H2,1-4H3,(H2,14,15,16,17). The highest BCUT2D eigenvalue weighted by molar-refractivity contribution is 5.37. The van der Waals surface area contributed by atoms with E-state index in [0.29, 0.717) is 25.7 Å². The van der Waals surface area contributed by atoms with E-state index in [1.165, 1.54) is 0 Å². The van der Waals surface area contributed by atoms with Crippen LogP contribution in [-0.2, 0) is 4.74 Å². The molecule has 0 saturated heterocycles. The van der Waals surface area contributed by atoms with Crippen molar-refractivity contribution in [3.05, 3.63) is 0 Å². The Labute approximate surface area is 120 Å². The number of methoxy groups -OCH3 is 1. The fourth-order valence-corrected chi connectivity index (χ4v) is 1.67. The smallest absolute Gasteiger partial charge is 0.323 e. The molecular formula is C13H25N5O2. The highest BCUT2D eigenvalue weighted by Crippen LogP contribution is 2.17. The lowest BCUT2D eigenvalue weighted by Crippen LogP contribution is -2.37. The zero-order valence-electron chi connectivity index (χ0n) is 12.8. The summed E-state index contributed by atoms with van der Waals surface area (Å²) in [5.41, 5.74) is 5.74. The molecule has 20 heavy (non-hydrogen) atoms. The van der Waals surface area contributed by atoms with Gasteiger partial charge in [-0.2, -0.15) is 15.0 Å². The predicted octanol–water partition coefficient (Wildman–Crippen LogP) is 1.49. The summed E-state index contributed by atoms with van der Waals surface area (Å²) in [6, 6.07) is 0.561. The van der Waals surface area contributed by atoms with Gasteiger partial charge in [-0.1, -0.05) is 13.8 Å². The average Bonchev–Trinajstić information content (AvgIpc) is 2.44. The fourth-order valence-electron chi connectivity index (χ4n) is 1.67. The Morgan fingerprint density at radius 1 is 1.20 bits per heavy atom. The number of rotatable bonds is 9. The summed E-state index contributed by atoms with van der Waals surface area (Å²) in [5.74, 6) is 0.710. The van der Waals surface area contributed by atoms with Gasteiger partial charge in [-0.25, -0.2) is 0 Å². The van der Waals surface area contributed by atoms with Crippen molar-refractivity contribution < 1.29 is 9.47 Å². The third-order valence-corrected chi connectivity index (χ3v) is 2.97. The number of hydrogen-bond acceptors (Lipinski definition) is 7. The van der Waals surface area contributed by atoms with Crippen LogP contribution in [0.25, 0.3) is 0 Å². The van der Waals surface area contributed by atoms with E-state index in [0.717, 1.165) is 12.8 Å². The number of nitrogens with two attached hydrogens (primary N) is 1. The Hall–Kier alpha value is -1.63. The predicted molar refractivity (Wildman–Crippen MR) is 79.0 cm³/mol. The number of nitrogens with zero attached hydrogens (tertiary/aromatic N) is 4. The Bertz CT molecular complexity index is 402. The van der Waals surface area contributed by atoms with Gasteiger partial charge in [0, 0.05) is 19.7 Å². The van der Waals surface area contributed by atoms with E-state index in [1.54, 1.807) is 7.11 Å². The molecule has 1 unspecified atom stereocenters. The SMILES string of the molecule is CCCOc1nc(N)nc(N(CCOC)C(C)CC)n1. The highest BCUT2D eigenvalue weighted by atomic mass is 16.5. The molecule has 0 aliphatic carbocycles. The van der Waals surface area contributed by atoms with Crippen molar-refractivity contribution in [2.24, 2.45) is 0 Å². The molecule has 7 nitrogen and oxygen atoms in total. The van der Waals surface area contributed by atoms with E-state index < -0.39 is 0 Å². The first kappa shape index (κ1) is 16.4. The van der Waals surface area contributed by atoms with E-state index >= 15 is 0 Å². The molecule has 0 saturated carbocycles. The van der Waals surface area contributed by atoms with Crippen molar-refractivity contribution in [1.29, 1.82) is 0 Å². The number of nitrogen functional groups attached to an aromatic ring is 1. The van der Waals surface area contributed by atoms with Gasteiger partial charge >= 0.3 is 6.01 Å². The molecule has 1 heterocycles. The number of aromatic nitrogens is 3. The van der Waals surface area contributed by atoms with E-state index in [-0.39, 0.29) is 18.0 Å².